The third kappa shape index (κ3) is 7.13. The third-order valence-electron chi connectivity index (χ3n) is 4.60. The predicted octanol–water partition coefficient (Wildman–Crippen LogP) is 5.09. The highest BCUT2D eigenvalue weighted by Crippen LogP contribution is 2.26. The molecule has 2 aromatic rings. The van der Waals surface area contributed by atoms with E-state index in [1.165, 1.54) is 5.56 Å². The molecule has 0 aromatic heterocycles. The van der Waals surface area contributed by atoms with Crippen LogP contribution in [0, 0.1) is 0 Å². The van der Waals surface area contributed by atoms with Crippen LogP contribution < -0.4 is 10.1 Å². The maximum Gasteiger partial charge on any atom is 0.261 e. The number of carbonyl (C=O) groups is 2. The van der Waals surface area contributed by atoms with E-state index in [2.05, 4.69) is 44.1 Å². The molecular weight excluding hydrogens is 512 g/mol. The SMILES string of the molecule is CCc1ccc(OCC(=O)N(Cc2cccc(Br)c2)C(C)C(=O)NC(C)C)c(Br)c1. The highest BCUT2D eigenvalue weighted by atomic mass is 79.9. The molecule has 0 fully saturated rings. The molecule has 0 aliphatic heterocycles. The molecule has 2 rings (SSSR count). The number of nitrogens with zero attached hydrogens (tertiary/aromatic N) is 1. The lowest BCUT2D eigenvalue weighted by molar-refractivity contribution is -0.142. The smallest absolute Gasteiger partial charge is 0.261 e. The first-order valence-corrected chi connectivity index (χ1v) is 11.5. The Labute approximate surface area is 195 Å². The minimum Gasteiger partial charge on any atom is -0.483 e. The van der Waals surface area contributed by atoms with Gasteiger partial charge in [-0.2, -0.15) is 0 Å². The van der Waals surface area contributed by atoms with Crippen LogP contribution in [0.25, 0.3) is 0 Å². The lowest BCUT2D eigenvalue weighted by Crippen LogP contribution is -2.50. The van der Waals surface area contributed by atoms with Gasteiger partial charge in [-0.3, -0.25) is 9.59 Å². The van der Waals surface area contributed by atoms with E-state index in [1.807, 2.05) is 56.3 Å². The average molecular weight is 540 g/mol. The number of nitrogens with one attached hydrogen (secondary N) is 1. The first kappa shape index (κ1) is 24.4. The molecule has 0 saturated carbocycles. The topological polar surface area (TPSA) is 58.6 Å². The third-order valence-corrected chi connectivity index (χ3v) is 5.71. The van der Waals surface area contributed by atoms with E-state index in [0.717, 1.165) is 20.9 Å². The van der Waals surface area contributed by atoms with Gasteiger partial charge < -0.3 is 15.0 Å². The second-order valence-corrected chi connectivity index (χ2v) is 9.17. The summed E-state index contributed by atoms with van der Waals surface area (Å²) in [6.07, 6.45) is 0.917. The average Bonchev–Trinajstić information content (AvgIpc) is 2.69. The quantitative estimate of drug-likeness (QED) is 0.482. The van der Waals surface area contributed by atoms with Crippen LogP contribution in [0.1, 0.15) is 38.8 Å². The van der Waals surface area contributed by atoms with Crippen LogP contribution >= 0.6 is 31.9 Å². The maximum atomic E-state index is 13.1. The molecule has 0 heterocycles. The molecule has 5 nitrogen and oxygen atoms in total. The number of halogens is 2. The van der Waals surface area contributed by atoms with Gasteiger partial charge in [0.2, 0.25) is 5.91 Å². The van der Waals surface area contributed by atoms with E-state index in [9.17, 15) is 9.59 Å². The molecule has 0 bridgehead atoms. The summed E-state index contributed by atoms with van der Waals surface area (Å²) < 4.78 is 7.50. The van der Waals surface area contributed by atoms with Crippen LogP contribution in [0.5, 0.6) is 5.75 Å². The lowest BCUT2D eigenvalue weighted by atomic mass is 10.1. The number of carbonyl (C=O) groups excluding carboxylic acids is 2. The molecule has 1 N–H and O–H groups in total. The van der Waals surface area contributed by atoms with Crippen LogP contribution in [-0.2, 0) is 22.6 Å². The summed E-state index contributed by atoms with van der Waals surface area (Å²) >= 11 is 6.95. The van der Waals surface area contributed by atoms with Crippen molar-refractivity contribution in [1.82, 2.24) is 10.2 Å². The lowest BCUT2D eigenvalue weighted by Gasteiger charge is -2.29. The fourth-order valence-electron chi connectivity index (χ4n) is 2.92. The van der Waals surface area contributed by atoms with Crippen molar-refractivity contribution in [1.29, 1.82) is 0 Å². The summed E-state index contributed by atoms with van der Waals surface area (Å²) in [6, 6.07) is 12.9. The highest BCUT2D eigenvalue weighted by molar-refractivity contribution is 9.10. The summed E-state index contributed by atoms with van der Waals surface area (Å²) in [4.78, 5) is 27.2. The van der Waals surface area contributed by atoms with E-state index in [4.69, 9.17) is 4.74 Å². The number of hydrogen-bond donors (Lipinski definition) is 1. The van der Waals surface area contributed by atoms with Crippen molar-refractivity contribution in [3.63, 3.8) is 0 Å². The monoisotopic (exact) mass is 538 g/mol. The van der Waals surface area contributed by atoms with Crippen molar-refractivity contribution in [2.45, 2.75) is 52.7 Å². The van der Waals surface area contributed by atoms with Crippen LogP contribution in [0.3, 0.4) is 0 Å². The molecule has 0 aliphatic rings. The Hall–Kier alpha value is -1.86. The molecule has 1 atom stereocenters. The summed E-state index contributed by atoms with van der Waals surface area (Å²) in [7, 11) is 0. The molecule has 1 unspecified atom stereocenters. The van der Waals surface area contributed by atoms with E-state index < -0.39 is 6.04 Å². The van der Waals surface area contributed by atoms with Gasteiger partial charge in [0.1, 0.15) is 11.8 Å². The zero-order valence-corrected chi connectivity index (χ0v) is 20.9. The fourth-order valence-corrected chi connectivity index (χ4v) is 3.91. The first-order chi connectivity index (χ1) is 14.2. The van der Waals surface area contributed by atoms with E-state index in [1.54, 1.807) is 11.8 Å². The molecular formula is C23H28Br2N2O3. The molecule has 0 spiro atoms. The normalized spacial score (nSPS) is 11.8. The molecule has 162 valence electrons. The van der Waals surface area contributed by atoms with Crippen molar-refractivity contribution in [3.05, 3.63) is 62.5 Å². The second-order valence-electron chi connectivity index (χ2n) is 7.40. The van der Waals surface area contributed by atoms with Crippen molar-refractivity contribution in [3.8, 4) is 5.75 Å². The van der Waals surface area contributed by atoms with Gasteiger partial charge in [0.25, 0.3) is 5.91 Å². The summed E-state index contributed by atoms with van der Waals surface area (Å²) in [5.74, 6) is 0.150. The van der Waals surface area contributed by atoms with E-state index in [-0.39, 0.29) is 24.5 Å². The molecule has 0 saturated heterocycles. The number of aryl methyl sites for hydroxylation is 1. The summed E-state index contributed by atoms with van der Waals surface area (Å²) in [6.45, 7) is 7.76. The molecule has 2 aromatic carbocycles. The number of hydrogen-bond acceptors (Lipinski definition) is 3. The summed E-state index contributed by atoms with van der Waals surface area (Å²) in [5.41, 5.74) is 2.10. The fraction of sp³-hybridized carbons (Fsp3) is 0.391. The predicted molar refractivity (Wildman–Crippen MR) is 126 cm³/mol. The van der Waals surface area contributed by atoms with Gasteiger partial charge in [-0.15, -0.1) is 0 Å². The van der Waals surface area contributed by atoms with E-state index in [0.29, 0.717) is 12.3 Å². The zero-order valence-electron chi connectivity index (χ0n) is 17.7. The Balaban J connectivity index is 2.17. The Morgan fingerprint density at radius 2 is 1.80 bits per heavy atom. The number of benzene rings is 2. The van der Waals surface area contributed by atoms with Gasteiger partial charge in [0, 0.05) is 17.1 Å². The van der Waals surface area contributed by atoms with Crippen molar-refractivity contribution in [2.75, 3.05) is 6.61 Å². The zero-order chi connectivity index (χ0) is 22.3. The van der Waals surface area contributed by atoms with Gasteiger partial charge in [-0.05, 0) is 78.5 Å². The first-order valence-electron chi connectivity index (χ1n) is 9.96. The van der Waals surface area contributed by atoms with Crippen molar-refractivity contribution in [2.24, 2.45) is 0 Å². The summed E-state index contributed by atoms with van der Waals surface area (Å²) in [5, 5.41) is 2.88. The molecule has 7 heteroatoms. The molecule has 0 radical (unpaired) electrons. The molecule has 30 heavy (non-hydrogen) atoms. The maximum absolute atomic E-state index is 13.1. The van der Waals surface area contributed by atoms with Gasteiger partial charge in [-0.25, -0.2) is 0 Å². The van der Waals surface area contributed by atoms with Crippen LogP contribution in [-0.4, -0.2) is 35.4 Å². The highest BCUT2D eigenvalue weighted by Gasteiger charge is 2.27. The van der Waals surface area contributed by atoms with Crippen molar-refractivity contribution < 1.29 is 14.3 Å². The van der Waals surface area contributed by atoms with Crippen LogP contribution in [0.15, 0.2) is 51.4 Å². The minimum atomic E-state index is -0.631. The molecule has 2 amide bonds. The Bertz CT molecular complexity index is 887. The second kappa shape index (κ2) is 11.5. The molecule has 0 aliphatic carbocycles. The Morgan fingerprint density at radius 1 is 1.07 bits per heavy atom. The number of amides is 2. The Morgan fingerprint density at radius 3 is 2.40 bits per heavy atom. The Kier molecular flexibility index (Phi) is 9.37. The van der Waals surface area contributed by atoms with E-state index >= 15 is 0 Å². The van der Waals surface area contributed by atoms with Gasteiger partial charge in [-0.1, -0.05) is 41.1 Å². The van der Waals surface area contributed by atoms with Gasteiger partial charge >= 0.3 is 0 Å². The standard InChI is InChI=1S/C23H28Br2N2O3/c1-5-17-9-10-21(20(25)12-17)30-14-22(28)27(16(4)23(29)26-15(2)3)13-18-7-6-8-19(24)11-18/h6-12,15-16H,5,13-14H2,1-4H3,(H,26,29). The van der Waals surface area contributed by atoms with Gasteiger partial charge in [0.15, 0.2) is 6.61 Å². The van der Waals surface area contributed by atoms with Crippen molar-refractivity contribution >= 4 is 43.7 Å². The van der Waals surface area contributed by atoms with Gasteiger partial charge in [0.05, 0.1) is 4.47 Å². The number of rotatable bonds is 9. The van der Waals surface area contributed by atoms with Crippen LogP contribution in [0.2, 0.25) is 0 Å². The largest absolute Gasteiger partial charge is 0.483 e. The van der Waals surface area contributed by atoms with Crippen LogP contribution in [0.4, 0.5) is 0 Å². The minimum absolute atomic E-state index is 0.00735. The number of ether oxygens (including phenoxy) is 1.